The molecule has 18 aromatic carbocycles. The molecular formula is C121H138N6. The van der Waals surface area contributed by atoms with E-state index in [9.17, 15) is 0 Å². The zero-order valence-electron chi connectivity index (χ0n) is 79.8. The topological polar surface area (TPSA) is 67.7 Å². The molecule has 6 heteroatoms. The molecule has 0 N–H and O–H groups in total. The highest BCUT2D eigenvalue weighted by molar-refractivity contribution is 6.33. The molecule has 0 aliphatic heterocycles. The molecule has 127 heavy (non-hydrogen) atoms. The van der Waals surface area contributed by atoms with E-state index in [2.05, 4.69) is 327 Å². The van der Waals surface area contributed by atoms with Gasteiger partial charge in [-0.3, -0.25) is 19.9 Å². The molecule has 0 spiro atoms. The maximum absolute atomic E-state index is 4.58. The van der Waals surface area contributed by atoms with Gasteiger partial charge in [-0.25, -0.2) is 4.98 Å². The second kappa shape index (κ2) is 63.8. The number of rotatable bonds is 3. The third kappa shape index (κ3) is 30.4. The predicted octanol–water partition coefficient (Wildman–Crippen LogP) is 37.9. The van der Waals surface area contributed by atoms with Crippen LogP contribution in [0.25, 0.3) is 130 Å². The number of hydrogen-bond acceptors (Lipinski definition) is 6. The van der Waals surface area contributed by atoms with Crippen molar-refractivity contribution >= 4 is 147 Å². The van der Waals surface area contributed by atoms with Crippen LogP contribution in [0, 0.1) is 0 Å². The first-order chi connectivity index (χ1) is 63.2. The van der Waals surface area contributed by atoms with Gasteiger partial charge in [0.2, 0.25) is 0 Å². The van der Waals surface area contributed by atoms with Crippen LogP contribution >= 0.6 is 0 Å². The summed E-state index contributed by atoms with van der Waals surface area (Å²) in [6.07, 6.45) is 11.9. The molecule has 0 amide bonds. The summed E-state index contributed by atoms with van der Waals surface area (Å²) in [6, 6.07) is 137. The zero-order chi connectivity index (χ0) is 92.6. The van der Waals surface area contributed by atoms with Crippen molar-refractivity contribution in [3.05, 3.63) is 438 Å². The summed E-state index contributed by atoms with van der Waals surface area (Å²) < 4.78 is 0. The lowest BCUT2D eigenvalue weighted by Crippen LogP contribution is -2.09. The molecule has 0 saturated carbocycles. The van der Waals surface area contributed by atoms with Crippen LogP contribution in [0.15, 0.2) is 438 Å². The van der Waals surface area contributed by atoms with Gasteiger partial charge in [0.05, 0.1) is 16.6 Å². The summed E-state index contributed by atoms with van der Waals surface area (Å²) in [5.74, 6) is 0. The van der Waals surface area contributed by atoms with Gasteiger partial charge in [-0.1, -0.05) is 468 Å². The Morgan fingerprint density at radius 1 is 0.150 bits per heavy atom. The second-order valence-corrected chi connectivity index (χ2v) is 25.0. The number of para-hydroxylation sites is 6. The van der Waals surface area contributed by atoms with Crippen LogP contribution in [0.3, 0.4) is 0 Å². The number of pyridine rings is 3. The van der Waals surface area contributed by atoms with Crippen molar-refractivity contribution in [3.63, 3.8) is 0 Å². The van der Waals surface area contributed by atoms with E-state index >= 15 is 0 Å². The summed E-state index contributed by atoms with van der Waals surface area (Å²) in [7, 11) is 0. The van der Waals surface area contributed by atoms with Crippen LogP contribution in [0.5, 0.6) is 0 Å². The highest BCUT2D eigenvalue weighted by Crippen LogP contribution is 2.41. The Labute approximate surface area is 761 Å². The molecule has 0 aliphatic rings. The summed E-state index contributed by atoms with van der Waals surface area (Å²) in [4.78, 5) is 22.2. The minimum Gasteiger partial charge on any atom is -0.311 e. The summed E-state index contributed by atoms with van der Waals surface area (Å²) >= 11 is 0. The van der Waals surface area contributed by atoms with Gasteiger partial charge >= 0.3 is 0 Å². The van der Waals surface area contributed by atoms with Crippen molar-refractivity contribution in [1.29, 1.82) is 0 Å². The molecule has 6 nitrogen and oxygen atoms in total. The van der Waals surface area contributed by atoms with Crippen molar-refractivity contribution in [3.8, 4) is 0 Å². The zero-order valence-corrected chi connectivity index (χ0v) is 79.8. The fourth-order valence-electron chi connectivity index (χ4n) is 13.7. The number of benzene rings is 18. The van der Waals surface area contributed by atoms with E-state index in [-0.39, 0.29) is 0 Å². The maximum Gasteiger partial charge on any atom is 0.0709 e. The Kier molecular flexibility index (Phi) is 52.9. The SMILES string of the molecule is CC.CC.CC.CC.CC.CC.CC.CC.CC.CC.CC.c1cc2ccc3cccc4ccc(c1)c2c34.c1cc2cccc3c4cccc5cccc(c(c1)c23)c54.c1ccc(N(c2ccccc2)c2ccccc2)cc1.c1ccc2c(c1)ccc1ccccc12.c1ccc2nc3ccccc3cc2c1.c1ccc2ncccc2c1.c1ccncc1.c1cnccn1. The quantitative estimate of drug-likeness (QED) is 0.130. The largest absolute Gasteiger partial charge is 0.311 e. The van der Waals surface area contributed by atoms with E-state index in [4.69, 9.17) is 0 Å². The molecule has 652 valence electrons. The van der Waals surface area contributed by atoms with Gasteiger partial charge in [0.25, 0.3) is 0 Å². The number of fused-ring (bicyclic) bond motifs is 8. The molecule has 0 radical (unpaired) electrons. The van der Waals surface area contributed by atoms with E-state index in [1.165, 1.54) is 130 Å². The van der Waals surface area contributed by atoms with Crippen molar-refractivity contribution in [1.82, 2.24) is 24.9 Å². The Morgan fingerprint density at radius 3 is 0.677 bits per heavy atom. The number of anilines is 3. The predicted molar refractivity (Wildman–Crippen MR) is 572 cm³/mol. The molecule has 0 aliphatic carbocycles. The van der Waals surface area contributed by atoms with Gasteiger partial charge in [0, 0.05) is 76.6 Å². The molecule has 0 unspecified atom stereocenters. The summed E-state index contributed by atoms with van der Waals surface area (Å²) in [5, 5.41) is 27.9. The number of nitrogens with zero attached hydrogens (tertiary/aromatic N) is 6. The van der Waals surface area contributed by atoms with Crippen molar-refractivity contribution in [2.75, 3.05) is 4.90 Å². The molecule has 22 aromatic rings. The fourth-order valence-corrected chi connectivity index (χ4v) is 13.7. The third-order valence-corrected chi connectivity index (χ3v) is 18.5. The van der Waals surface area contributed by atoms with Crippen LogP contribution in [0.2, 0.25) is 0 Å². The first-order valence-corrected chi connectivity index (χ1v) is 46.2. The van der Waals surface area contributed by atoms with Gasteiger partial charge < -0.3 is 4.90 Å². The Morgan fingerprint density at radius 2 is 0.378 bits per heavy atom. The molecule has 22 rings (SSSR count). The first-order valence-electron chi connectivity index (χ1n) is 46.2. The average Bonchev–Trinajstić information content (AvgIpc) is 0.738. The Hall–Kier alpha value is -14.1. The van der Waals surface area contributed by atoms with Gasteiger partial charge in [0.1, 0.15) is 0 Å². The lowest BCUT2D eigenvalue weighted by atomic mass is 9.90. The maximum atomic E-state index is 4.58. The van der Waals surface area contributed by atoms with E-state index in [1.54, 1.807) is 37.2 Å². The van der Waals surface area contributed by atoms with Crippen LogP contribution in [-0.4, -0.2) is 24.9 Å². The monoisotopic (exact) mass is 1680 g/mol. The van der Waals surface area contributed by atoms with Crippen LogP contribution in [0.4, 0.5) is 17.1 Å². The lowest BCUT2D eigenvalue weighted by molar-refractivity contribution is 1.20. The van der Waals surface area contributed by atoms with Gasteiger partial charge in [0.15, 0.2) is 0 Å². The highest BCUT2D eigenvalue weighted by atomic mass is 15.1. The van der Waals surface area contributed by atoms with Crippen molar-refractivity contribution in [2.24, 2.45) is 0 Å². The smallest absolute Gasteiger partial charge is 0.0709 e. The number of hydrogen-bond donors (Lipinski definition) is 0. The standard InChI is InChI=1S/C20H12.C18H15N.C16H10.C14H10.C13H9N.C9H7N.C5H5N.C4H4N2.11C2H6/c1-5-13-6-2-11-17-18-12-4-8-14-7-3-10-16(20(14)18)15(9-1)19(13)17;1-4-10-16(11-5-1)19(17-12-6-2-7-13-17)18-14-8-3-9-15-18;1-3-11-7-9-13-5-2-6-14-10-8-12(4-1)15(11)16(13)14;1-3-7-13-11(5-1)9-10-12-6-2-4-8-14(12)13;1-3-7-12-10(5-1)9-11-6-2-4-8-13(11)14-12;1-2-6-9-8(4-1)5-3-7-10-9;1-2-4-6-5-3-1;1-2-6-4-3-5-1;11*1-2/h1-12H;1-15H;1-10H;1-10H;1-9H;1-7H;1-5H;1-4H;11*1-2H3. The minimum absolute atomic E-state index is 1.06. The van der Waals surface area contributed by atoms with Crippen LogP contribution in [0.1, 0.15) is 152 Å². The highest BCUT2D eigenvalue weighted by Gasteiger charge is 2.14. The molecule has 4 heterocycles. The van der Waals surface area contributed by atoms with E-state index < -0.39 is 0 Å². The summed E-state index contributed by atoms with van der Waals surface area (Å²) in [6.45, 7) is 44.0. The molecule has 0 fully saturated rings. The van der Waals surface area contributed by atoms with Gasteiger partial charge in [-0.15, -0.1) is 0 Å². The van der Waals surface area contributed by atoms with Crippen molar-refractivity contribution < 1.29 is 0 Å². The Balaban J connectivity index is 0.000000300. The third-order valence-electron chi connectivity index (χ3n) is 18.5. The normalized spacial score (nSPS) is 9.34. The van der Waals surface area contributed by atoms with E-state index in [1.807, 2.05) is 256 Å². The summed E-state index contributed by atoms with van der Waals surface area (Å²) in [5.41, 5.74) is 6.68. The minimum atomic E-state index is 1.06. The molecule has 0 bridgehead atoms. The lowest BCUT2D eigenvalue weighted by Gasteiger charge is -2.25. The molecule has 0 saturated heterocycles. The fraction of sp³-hybridized carbons (Fsp3) is 0.182. The molecule has 0 atom stereocenters. The first kappa shape index (κ1) is 105. The number of aromatic nitrogens is 5. The molecular weight excluding hydrogens is 1540 g/mol. The van der Waals surface area contributed by atoms with E-state index in [0.29, 0.717) is 0 Å². The Bertz CT molecular complexity index is 5770. The van der Waals surface area contributed by atoms with Crippen LogP contribution in [-0.2, 0) is 0 Å². The molecule has 4 aromatic heterocycles. The average molecular weight is 1680 g/mol. The van der Waals surface area contributed by atoms with E-state index in [0.717, 1.165) is 16.6 Å². The van der Waals surface area contributed by atoms with Crippen molar-refractivity contribution in [2.45, 2.75) is 152 Å². The van der Waals surface area contributed by atoms with Crippen LogP contribution < -0.4 is 4.90 Å². The second-order valence-electron chi connectivity index (χ2n) is 25.0. The van der Waals surface area contributed by atoms with Gasteiger partial charge in [-0.2, -0.15) is 0 Å². The van der Waals surface area contributed by atoms with Gasteiger partial charge in [-0.05, 0) is 176 Å².